The van der Waals surface area contributed by atoms with Crippen molar-refractivity contribution in [2.24, 2.45) is 0 Å². The minimum absolute atomic E-state index is 0.224. The van der Waals surface area contributed by atoms with Crippen LogP contribution in [-0.2, 0) is 4.57 Å². The number of phosphoric acid groups is 1. The number of hydrogen-bond acceptors (Lipinski definition) is 4. The van der Waals surface area contributed by atoms with Crippen molar-refractivity contribution in [3.63, 3.8) is 0 Å². The van der Waals surface area contributed by atoms with Gasteiger partial charge in [-0.3, -0.25) is 0 Å². The SMILES string of the molecule is CCC(C)c1ccccc1OP(=O)(Oc1ccc(-c2ccccc2)cc1)Oc1ccccc1C(C)CC. The normalized spacial score (nSPS) is 14.3. The molecule has 0 saturated carbocycles. The van der Waals surface area contributed by atoms with Gasteiger partial charge in [-0.1, -0.05) is 107 Å². The van der Waals surface area contributed by atoms with Gasteiger partial charge in [-0.05, 0) is 71.2 Å². The Bertz CT molecular complexity index is 1280. The fourth-order valence-corrected chi connectivity index (χ4v) is 5.45. The molecule has 0 saturated heterocycles. The average molecular weight is 515 g/mol. The molecule has 2 atom stereocenters. The van der Waals surface area contributed by atoms with E-state index in [4.69, 9.17) is 13.6 Å². The smallest absolute Gasteiger partial charge is 0.386 e. The molecule has 0 aliphatic carbocycles. The summed E-state index contributed by atoms with van der Waals surface area (Å²) in [5.74, 6) is 1.86. The molecule has 5 heteroatoms. The fourth-order valence-electron chi connectivity index (χ4n) is 4.15. The molecule has 0 fully saturated rings. The Labute approximate surface area is 220 Å². The van der Waals surface area contributed by atoms with Crippen molar-refractivity contribution in [2.45, 2.75) is 52.4 Å². The summed E-state index contributed by atoms with van der Waals surface area (Å²) in [7, 11) is -4.13. The van der Waals surface area contributed by atoms with Gasteiger partial charge >= 0.3 is 7.82 Å². The molecule has 2 unspecified atom stereocenters. The number of hydrogen-bond donors (Lipinski definition) is 0. The molecule has 0 N–H and O–H groups in total. The molecule has 37 heavy (non-hydrogen) atoms. The minimum Gasteiger partial charge on any atom is -0.386 e. The standard InChI is InChI=1S/C32H35O4P/c1-5-24(3)29-16-10-12-18-31(29)35-37(33,36-32-19-13-11-17-30(32)25(4)6-2)34-28-22-20-27(21-23-28)26-14-8-7-9-15-26/h7-25H,5-6H2,1-4H3. The van der Waals surface area contributed by atoms with Crippen molar-refractivity contribution in [1.29, 1.82) is 0 Å². The molecule has 0 aliphatic rings. The van der Waals surface area contributed by atoms with E-state index in [2.05, 4.69) is 27.7 Å². The first-order valence-electron chi connectivity index (χ1n) is 12.9. The van der Waals surface area contributed by atoms with Crippen molar-refractivity contribution in [1.82, 2.24) is 0 Å². The maximum Gasteiger partial charge on any atom is 0.647 e. The molecule has 4 aromatic rings. The van der Waals surface area contributed by atoms with E-state index in [-0.39, 0.29) is 11.8 Å². The molecule has 0 aliphatic heterocycles. The highest BCUT2D eigenvalue weighted by Crippen LogP contribution is 2.52. The molecule has 0 aromatic heterocycles. The van der Waals surface area contributed by atoms with Crippen LogP contribution in [0.4, 0.5) is 0 Å². The van der Waals surface area contributed by atoms with Gasteiger partial charge in [0, 0.05) is 0 Å². The van der Waals surface area contributed by atoms with Crippen molar-refractivity contribution in [2.75, 3.05) is 0 Å². The largest absolute Gasteiger partial charge is 0.647 e. The van der Waals surface area contributed by atoms with E-state index in [1.165, 1.54) is 0 Å². The van der Waals surface area contributed by atoms with Gasteiger partial charge in [0.25, 0.3) is 0 Å². The summed E-state index contributed by atoms with van der Waals surface area (Å²) in [6, 6.07) is 32.8. The Kier molecular flexibility index (Phi) is 8.74. The molecule has 192 valence electrons. The van der Waals surface area contributed by atoms with Crippen molar-refractivity contribution in [3.8, 4) is 28.4 Å². The Morgan fingerprint density at radius 2 is 1.00 bits per heavy atom. The lowest BCUT2D eigenvalue weighted by atomic mass is 9.98. The van der Waals surface area contributed by atoms with E-state index in [9.17, 15) is 4.57 Å². The first kappa shape index (κ1) is 26.6. The Balaban J connectivity index is 1.70. The van der Waals surface area contributed by atoms with Crippen molar-refractivity contribution in [3.05, 3.63) is 114 Å². The topological polar surface area (TPSA) is 44.8 Å². The second-order valence-electron chi connectivity index (χ2n) is 9.31. The zero-order valence-corrected chi connectivity index (χ0v) is 22.9. The zero-order chi connectivity index (χ0) is 26.3. The van der Waals surface area contributed by atoms with Gasteiger partial charge < -0.3 is 13.6 Å². The van der Waals surface area contributed by atoms with Crippen LogP contribution in [0, 0.1) is 0 Å². The number of phosphoric ester groups is 1. The van der Waals surface area contributed by atoms with Crippen molar-refractivity contribution < 1.29 is 18.1 Å². The van der Waals surface area contributed by atoms with Gasteiger partial charge in [0.2, 0.25) is 0 Å². The fraction of sp³-hybridized carbons (Fsp3) is 0.250. The van der Waals surface area contributed by atoms with Crippen LogP contribution < -0.4 is 13.6 Å². The predicted octanol–water partition coefficient (Wildman–Crippen LogP) is 10.0. The van der Waals surface area contributed by atoms with Gasteiger partial charge in [-0.25, -0.2) is 0 Å². The molecule has 0 radical (unpaired) electrons. The monoisotopic (exact) mass is 514 g/mol. The van der Waals surface area contributed by atoms with E-state index in [0.29, 0.717) is 17.2 Å². The van der Waals surface area contributed by atoms with Crippen LogP contribution in [0.25, 0.3) is 11.1 Å². The van der Waals surface area contributed by atoms with Gasteiger partial charge in [0.1, 0.15) is 17.2 Å². The molecular formula is C32H35O4P. The first-order chi connectivity index (χ1) is 17.9. The maximum atomic E-state index is 14.3. The Hall–Kier alpha value is -3.49. The first-order valence-corrected chi connectivity index (χ1v) is 14.4. The number of rotatable bonds is 11. The molecule has 0 heterocycles. The zero-order valence-electron chi connectivity index (χ0n) is 22.0. The molecule has 0 amide bonds. The lowest BCUT2D eigenvalue weighted by Crippen LogP contribution is -2.10. The second kappa shape index (κ2) is 12.2. The summed E-state index contributed by atoms with van der Waals surface area (Å²) in [4.78, 5) is 0. The van der Waals surface area contributed by atoms with Crippen LogP contribution in [0.1, 0.15) is 63.5 Å². The van der Waals surface area contributed by atoms with Crippen LogP contribution in [0.15, 0.2) is 103 Å². The predicted molar refractivity (Wildman–Crippen MR) is 152 cm³/mol. The molecular weight excluding hydrogens is 479 g/mol. The summed E-state index contributed by atoms with van der Waals surface area (Å²) in [5, 5.41) is 0. The second-order valence-corrected chi connectivity index (χ2v) is 10.7. The van der Waals surface area contributed by atoms with Crippen molar-refractivity contribution >= 4 is 7.82 Å². The molecule has 0 bridgehead atoms. The lowest BCUT2D eigenvalue weighted by molar-refractivity contribution is 0.295. The van der Waals surface area contributed by atoms with E-state index < -0.39 is 7.82 Å². The maximum absolute atomic E-state index is 14.3. The van der Waals surface area contributed by atoms with E-state index in [1.807, 2.05) is 91.0 Å². The van der Waals surface area contributed by atoms with Gasteiger partial charge in [-0.2, -0.15) is 4.57 Å². The molecule has 4 aromatic carbocycles. The summed E-state index contributed by atoms with van der Waals surface area (Å²) >= 11 is 0. The summed E-state index contributed by atoms with van der Waals surface area (Å²) in [6.07, 6.45) is 1.84. The van der Waals surface area contributed by atoms with E-state index >= 15 is 0 Å². The van der Waals surface area contributed by atoms with E-state index in [0.717, 1.165) is 35.1 Å². The molecule has 4 nitrogen and oxygen atoms in total. The summed E-state index contributed by atoms with van der Waals surface area (Å²) < 4.78 is 32.7. The molecule has 0 spiro atoms. The summed E-state index contributed by atoms with van der Waals surface area (Å²) in [6.45, 7) is 8.47. The molecule has 4 rings (SSSR count). The minimum atomic E-state index is -4.13. The van der Waals surface area contributed by atoms with Gasteiger partial charge in [-0.15, -0.1) is 0 Å². The van der Waals surface area contributed by atoms with Crippen LogP contribution in [-0.4, -0.2) is 0 Å². The highest BCUT2D eigenvalue weighted by molar-refractivity contribution is 7.49. The van der Waals surface area contributed by atoms with Crippen LogP contribution in [0.3, 0.4) is 0 Å². The van der Waals surface area contributed by atoms with Gasteiger partial charge in [0.05, 0.1) is 0 Å². The highest BCUT2D eigenvalue weighted by Gasteiger charge is 2.35. The third kappa shape index (κ3) is 6.64. The highest BCUT2D eigenvalue weighted by atomic mass is 31.2. The van der Waals surface area contributed by atoms with E-state index in [1.54, 1.807) is 12.1 Å². The number of para-hydroxylation sites is 2. The third-order valence-corrected chi connectivity index (χ3v) is 8.00. The van der Waals surface area contributed by atoms with Crippen LogP contribution >= 0.6 is 7.82 Å². The van der Waals surface area contributed by atoms with Gasteiger partial charge in [0.15, 0.2) is 0 Å². The van der Waals surface area contributed by atoms with Crippen LogP contribution in [0.5, 0.6) is 17.2 Å². The Morgan fingerprint density at radius 3 is 1.49 bits per heavy atom. The lowest BCUT2D eigenvalue weighted by Gasteiger charge is -2.24. The quantitative estimate of drug-likeness (QED) is 0.187. The van der Waals surface area contributed by atoms with Crippen LogP contribution in [0.2, 0.25) is 0 Å². The average Bonchev–Trinajstić information content (AvgIpc) is 2.93. The Morgan fingerprint density at radius 1 is 0.568 bits per heavy atom. The third-order valence-electron chi connectivity index (χ3n) is 6.72. The number of benzene rings is 4. The summed E-state index contributed by atoms with van der Waals surface area (Å²) in [5.41, 5.74) is 4.06.